The topological polar surface area (TPSA) is 48.3 Å². The third-order valence-corrected chi connectivity index (χ3v) is 3.12. The lowest BCUT2D eigenvalue weighted by Crippen LogP contribution is -2.30. The quantitative estimate of drug-likeness (QED) is 0.840. The van der Waals surface area contributed by atoms with Crippen LogP contribution in [0.25, 0.3) is 0 Å². The lowest BCUT2D eigenvalue weighted by atomic mass is 10.2. The molecular weight excluding hydrogens is 254 g/mol. The zero-order chi connectivity index (χ0) is 14.4. The van der Waals surface area contributed by atoms with Crippen molar-refractivity contribution in [3.63, 3.8) is 0 Å². The highest BCUT2D eigenvalue weighted by Gasteiger charge is 2.06. The van der Waals surface area contributed by atoms with Crippen LogP contribution in [0.1, 0.15) is 12.5 Å². The summed E-state index contributed by atoms with van der Waals surface area (Å²) in [5, 5.41) is 7.67. The molecule has 0 saturated carbocycles. The van der Waals surface area contributed by atoms with Crippen LogP contribution < -0.4 is 14.8 Å². The fourth-order valence-electron chi connectivity index (χ4n) is 2.04. The first-order valence-electron chi connectivity index (χ1n) is 6.64. The summed E-state index contributed by atoms with van der Waals surface area (Å²) in [6.07, 6.45) is 3.76. The van der Waals surface area contributed by atoms with E-state index in [1.807, 2.05) is 35.1 Å². The van der Waals surface area contributed by atoms with Crippen LogP contribution in [0.15, 0.2) is 36.7 Å². The maximum absolute atomic E-state index is 5.30. The van der Waals surface area contributed by atoms with Crippen molar-refractivity contribution in [2.75, 3.05) is 14.2 Å². The number of methoxy groups -OCH3 is 2. The van der Waals surface area contributed by atoms with Gasteiger partial charge >= 0.3 is 0 Å². The molecule has 0 aliphatic carbocycles. The molecule has 0 spiro atoms. The van der Waals surface area contributed by atoms with Crippen molar-refractivity contribution in [1.82, 2.24) is 15.1 Å². The molecule has 20 heavy (non-hydrogen) atoms. The molecule has 1 aromatic heterocycles. The number of hydrogen-bond donors (Lipinski definition) is 1. The fourth-order valence-corrected chi connectivity index (χ4v) is 2.04. The Hall–Kier alpha value is -2.01. The van der Waals surface area contributed by atoms with Crippen molar-refractivity contribution in [3.8, 4) is 11.5 Å². The smallest absolute Gasteiger partial charge is 0.161 e. The van der Waals surface area contributed by atoms with E-state index >= 15 is 0 Å². The van der Waals surface area contributed by atoms with Gasteiger partial charge in [0.1, 0.15) is 0 Å². The van der Waals surface area contributed by atoms with Gasteiger partial charge in [0.2, 0.25) is 0 Å². The summed E-state index contributed by atoms with van der Waals surface area (Å²) in [5.41, 5.74) is 1.16. The van der Waals surface area contributed by atoms with Crippen molar-refractivity contribution < 1.29 is 9.47 Å². The molecule has 5 nitrogen and oxygen atoms in total. The predicted molar refractivity (Wildman–Crippen MR) is 78.1 cm³/mol. The molecule has 2 aromatic rings. The summed E-state index contributed by atoms with van der Waals surface area (Å²) in [6.45, 7) is 3.77. The molecule has 1 N–H and O–H groups in total. The number of nitrogens with zero attached hydrogens (tertiary/aromatic N) is 2. The fraction of sp³-hybridized carbons (Fsp3) is 0.400. The van der Waals surface area contributed by atoms with Crippen LogP contribution in [0.4, 0.5) is 0 Å². The number of nitrogens with one attached hydrogen (secondary N) is 1. The third kappa shape index (κ3) is 3.74. The van der Waals surface area contributed by atoms with E-state index in [0.717, 1.165) is 30.2 Å². The van der Waals surface area contributed by atoms with Crippen molar-refractivity contribution in [2.24, 2.45) is 0 Å². The van der Waals surface area contributed by atoms with E-state index < -0.39 is 0 Å². The Morgan fingerprint density at radius 1 is 1.25 bits per heavy atom. The maximum Gasteiger partial charge on any atom is 0.161 e. The van der Waals surface area contributed by atoms with E-state index in [4.69, 9.17) is 9.47 Å². The highest BCUT2D eigenvalue weighted by Crippen LogP contribution is 2.27. The minimum Gasteiger partial charge on any atom is -0.493 e. The number of rotatable bonds is 7. The zero-order valence-electron chi connectivity index (χ0n) is 12.2. The molecule has 2 rings (SSSR count). The number of benzene rings is 1. The lowest BCUT2D eigenvalue weighted by Gasteiger charge is -2.15. The van der Waals surface area contributed by atoms with Crippen LogP contribution in [0.3, 0.4) is 0 Å². The Morgan fingerprint density at radius 3 is 2.70 bits per heavy atom. The van der Waals surface area contributed by atoms with Gasteiger partial charge in [-0.1, -0.05) is 6.07 Å². The van der Waals surface area contributed by atoms with Gasteiger partial charge in [-0.15, -0.1) is 0 Å². The van der Waals surface area contributed by atoms with Gasteiger partial charge in [-0.25, -0.2) is 0 Å². The summed E-state index contributed by atoms with van der Waals surface area (Å²) < 4.78 is 12.5. The van der Waals surface area contributed by atoms with Gasteiger partial charge in [0.25, 0.3) is 0 Å². The van der Waals surface area contributed by atoms with Crippen LogP contribution in [-0.2, 0) is 13.1 Å². The Labute approximate surface area is 119 Å². The van der Waals surface area contributed by atoms with E-state index in [0.29, 0.717) is 6.04 Å². The van der Waals surface area contributed by atoms with Gasteiger partial charge in [-0.3, -0.25) is 4.68 Å². The van der Waals surface area contributed by atoms with Crippen LogP contribution in [0, 0.1) is 0 Å². The standard InChI is InChI=1S/C15H21N3O2/c1-12(11-18-8-4-7-17-18)16-10-13-5-6-14(19-2)15(9-13)20-3/h4-9,12,16H,10-11H2,1-3H3/t12-/m1/s1. The van der Waals surface area contributed by atoms with Gasteiger partial charge in [0.05, 0.1) is 20.8 Å². The third-order valence-electron chi connectivity index (χ3n) is 3.12. The Kier molecular flexibility index (Phi) is 5.01. The summed E-state index contributed by atoms with van der Waals surface area (Å²) in [4.78, 5) is 0. The zero-order valence-corrected chi connectivity index (χ0v) is 12.2. The molecule has 1 atom stereocenters. The van der Waals surface area contributed by atoms with E-state index in [9.17, 15) is 0 Å². The normalized spacial score (nSPS) is 12.2. The van der Waals surface area contributed by atoms with Gasteiger partial charge in [0.15, 0.2) is 11.5 Å². The second kappa shape index (κ2) is 6.96. The highest BCUT2D eigenvalue weighted by molar-refractivity contribution is 5.42. The summed E-state index contributed by atoms with van der Waals surface area (Å²) in [6, 6.07) is 8.22. The predicted octanol–water partition coefficient (Wildman–Crippen LogP) is 2.08. The second-order valence-electron chi connectivity index (χ2n) is 4.70. The first kappa shape index (κ1) is 14.4. The van der Waals surface area contributed by atoms with Crippen LogP contribution in [0.2, 0.25) is 0 Å². The van der Waals surface area contributed by atoms with Gasteiger partial charge in [0, 0.05) is 25.0 Å². The van der Waals surface area contributed by atoms with E-state index in [1.165, 1.54) is 0 Å². The Morgan fingerprint density at radius 2 is 2.05 bits per heavy atom. The molecule has 0 amide bonds. The minimum atomic E-state index is 0.336. The highest BCUT2D eigenvalue weighted by atomic mass is 16.5. The maximum atomic E-state index is 5.30. The average molecular weight is 275 g/mol. The van der Waals surface area contributed by atoms with Crippen LogP contribution in [0.5, 0.6) is 11.5 Å². The molecule has 0 aliphatic rings. The first-order valence-corrected chi connectivity index (χ1v) is 6.64. The van der Waals surface area contributed by atoms with Gasteiger partial charge in [-0.05, 0) is 30.7 Å². The van der Waals surface area contributed by atoms with E-state index in [1.54, 1.807) is 20.4 Å². The molecular formula is C15H21N3O2. The largest absolute Gasteiger partial charge is 0.493 e. The molecule has 0 radical (unpaired) electrons. The van der Waals surface area contributed by atoms with E-state index in [-0.39, 0.29) is 0 Å². The van der Waals surface area contributed by atoms with Crippen molar-refractivity contribution >= 4 is 0 Å². The lowest BCUT2D eigenvalue weighted by molar-refractivity contribution is 0.354. The van der Waals surface area contributed by atoms with Crippen molar-refractivity contribution in [2.45, 2.75) is 26.1 Å². The molecule has 0 fully saturated rings. The molecule has 0 saturated heterocycles. The number of hydrogen-bond acceptors (Lipinski definition) is 4. The average Bonchev–Trinajstić information content (AvgIpc) is 2.97. The molecule has 0 bridgehead atoms. The Bertz CT molecular complexity index is 526. The van der Waals surface area contributed by atoms with E-state index in [2.05, 4.69) is 17.3 Å². The Balaban J connectivity index is 1.90. The molecule has 0 aliphatic heterocycles. The van der Waals surface area contributed by atoms with Crippen molar-refractivity contribution in [3.05, 3.63) is 42.2 Å². The first-order chi connectivity index (χ1) is 9.72. The van der Waals surface area contributed by atoms with Gasteiger partial charge in [-0.2, -0.15) is 5.10 Å². The SMILES string of the molecule is COc1ccc(CN[C@H](C)Cn2cccn2)cc1OC. The number of ether oxygens (including phenoxy) is 2. The van der Waals surface area contributed by atoms with Crippen LogP contribution in [-0.4, -0.2) is 30.0 Å². The molecule has 5 heteroatoms. The van der Waals surface area contributed by atoms with Gasteiger partial charge < -0.3 is 14.8 Å². The number of aromatic nitrogens is 2. The summed E-state index contributed by atoms with van der Waals surface area (Å²) in [5.74, 6) is 1.51. The molecule has 0 unspecified atom stereocenters. The molecule has 108 valence electrons. The molecule has 1 heterocycles. The monoisotopic (exact) mass is 275 g/mol. The van der Waals surface area contributed by atoms with Crippen molar-refractivity contribution in [1.29, 1.82) is 0 Å². The summed E-state index contributed by atoms with van der Waals surface area (Å²) in [7, 11) is 3.29. The second-order valence-corrected chi connectivity index (χ2v) is 4.70. The minimum absolute atomic E-state index is 0.336. The molecule has 1 aromatic carbocycles. The summed E-state index contributed by atoms with van der Waals surface area (Å²) >= 11 is 0. The van der Waals surface area contributed by atoms with Crippen LogP contribution >= 0.6 is 0 Å².